The van der Waals surface area contributed by atoms with E-state index in [-0.39, 0.29) is 17.9 Å². The Hall–Kier alpha value is -3.95. The molecule has 2 aromatic carbocycles. The molecule has 1 N–H and O–H groups in total. The van der Waals surface area contributed by atoms with Gasteiger partial charge >= 0.3 is 11.9 Å². The first-order chi connectivity index (χ1) is 20.3. The van der Waals surface area contributed by atoms with Crippen molar-refractivity contribution in [2.75, 3.05) is 18.5 Å². The van der Waals surface area contributed by atoms with Crippen molar-refractivity contribution in [1.29, 1.82) is 0 Å². The van der Waals surface area contributed by atoms with E-state index in [2.05, 4.69) is 5.32 Å². The van der Waals surface area contributed by atoms with Crippen LogP contribution in [0.2, 0.25) is 5.02 Å². The van der Waals surface area contributed by atoms with Crippen molar-refractivity contribution in [3.05, 3.63) is 85.6 Å². The number of carbonyl (C=O) groups is 3. The lowest BCUT2D eigenvalue weighted by Crippen LogP contribution is -2.28. The Morgan fingerprint density at radius 3 is 2.33 bits per heavy atom. The molecule has 0 unspecified atom stereocenters. The van der Waals surface area contributed by atoms with Gasteiger partial charge in [0.2, 0.25) is 0 Å². The smallest absolute Gasteiger partial charge is 0.356 e. The molecule has 5 rings (SSSR count). The van der Waals surface area contributed by atoms with Gasteiger partial charge in [0.1, 0.15) is 10.7 Å². The second-order valence-electron chi connectivity index (χ2n) is 10.1. The third-order valence-corrected chi connectivity index (χ3v) is 8.83. The zero-order chi connectivity index (χ0) is 29.8. The molecule has 2 aromatic heterocycles. The number of fused-ring (bicyclic) bond motifs is 2. The third kappa shape index (κ3) is 5.98. The predicted octanol–water partition coefficient (Wildman–Crippen LogP) is 6.55. The van der Waals surface area contributed by atoms with E-state index in [4.69, 9.17) is 21.1 Å². The Kier molecular flexibility index (Phi) is 9.09. The monoisotopic (exact) mass is 606 g/mol. The number of rotatable bonds is 7. The van der Waals surface area contributed by atoms with E-state index < -0.39 is 24.5 Å². The number of aryl methyl sites for hydroxylation is 1. The van der Waals surface area contributed by atoms with E-state index in [1.54, 1.807) is 55.5 Å². The van der Waals surface area contributed by atoms with Gasteiger partial charge in [-0.25, -0.2) is 9.59 Å². The van der Waals surface area contributed by atoms with Crippen LogP contribution in [-0.4, -0.2) is 35.6 Å². The van der Waals surface area contributed by atoms with Crippen molar-refractivity contribution in [3.63, 3.8) is 0 Å². The molecule has 0 saturated heterocycles. The van der Waals surface area contributed by atoms with Crippen LogP contribution in [0.15, 0.2) is 53.3 Å². The summed E-state index contributed by atoms with van der Waals surface area (Å²) in [5.74, 6) is -1.90. The van der Waals surface area contributed by atoms with Crippen molar-refractivity contribution in [2.24, 2.45) is 7.05 Å². The predicted molar refractivity (Wildman–Crippen MR) is 165 cm³/mol. The van der Waals surface area contributed by atoms with Crippen LogP contribution in [0.4, 0.5) is 5.00 Å². The number of thiophene rings is 1. The van der Waals surface area contributed by atoms with E-state index in [0.717, 1.165) is 49.0 Å². The maximum Gasteiger partial charge on any atom is 0.356 e. The van der Waals surface area contributed by atoms with Crippen molar-refractivity contribution < 1.29 is 23.9 Å². The third-order valence-electron chi connectivity index (χ3n) is 7.37. The molecule has 0 aliphatic heterocycles. The first kappa shape index (κ1) is 29.5. The molecule has 0 radical (unpaired) electrons. The number of aromatic nitrogens is 1. The van der Waals surface area contributed by atoms with Crippen molar-refractivity contribution in [1.82, 2.24) is 4.57 Å². The Balaban J connectivity index is 1.43. The fraction of sp³-hybridized carbons (Fsp3) is 0.312. The number of hydrogen-bond donors (Lipinski definition) is 1. The average Bonchev–Trinajstić information content (AvgIpc) is 3.29. The summed E-state index contributed by atoms with van der Waals surface area (Å²) in [5, 5.41) is 4.73. The number of pyridine rings is 1. The number of hydrogen-bond acceptors (Lipinski definition) is 7. The Morgan fingerprint density at radius 2 is 1.62 bits per heavy atom. The fourth-order valence-electron chi connectivity index (χ4n) is 5.40. The second-order valence-corrected chi connectivity index (χ2v) is 11.6. The fourth-order valence-corrected chi connectivity index (χ4v) is 6.82. The van der Waals surface area contributed by atoms with Gasteiger partial charge in [0, 0.05) is 27.9 Å². The van der Waals surface area contributed by atoms with Gasteiger partial charge < -0.3 is 19.4 Å². The number of amides is 1. The van der Waals surface area contributed by atoms with Gasteiger partial charge in [0.15, 0.2) is 6.61 Å². The highest BCUT2D eigenvalue weighted by Gasteiger charge is 2.27. The molecule has 0 fully saturated rings. The van der Waals surface area contributed by atoms with Gasteiger partial charge in [0.05, 0.1) is 12.2 Å². The summed E-state index contributed by atoms with van der Waals surface area (Å²) < 4.78 is 12.0. The van der Waals surface area contributed by atoms with Crippen LogP contribution in [0.1, 0.15) is 63.9 Å². The van der Waals surface area contributed by atoms with Crippen molar-refractivity contribution >= 4 is 56.6 Å². The Morgan fingerprint density at radius 1 is 0.929 bits per heavy atom. The van der Waals surface area contributed by atoms with Gasteiger partial charge in [-0.15, -0.1) is 11.3 Å². The molecule has 0 bridgehead atoms. The average molecular weight is 607 g/mol. The van der Waals surface area contributed by atoms with Gasteiger partial charge in [0.25, 0.3) is 11.5 Å². The number of anilines is 1. The SMILES string of the molecule is CCOC(=O)c1c(NC(=O)COC(=O)c2c(-c3ccc(Cl)cc3)c3ccccc3c(=O)n2C)sc2c1CCCCCC2. The minimum absolute atomic E-state index is 0.0140. The maximum absolute atomic E-state index is 13.5. The lowest BCUT2D eigenvalue weighted by Gasteiger charge is -2.17. The molecule has 1 aliphatic rings. The number of esters is 2. The molecule has 218 valence electrons. The van der Waals surface area contributed by atoms with Crippen LogP contribution >= 0.6 is 22.9 Å². The molecule has 4 aromatic rings. The quantitative estimate of drug-likeness (QED) is 0.239. The zero-order valence-electron chi connectivity index (χ0n) is 23.5. The summed E-state index contributed by atoms with van der Waals surface area (Å²) in [6, 6.07) is 13.9. The molecule has 2 heterocycles. The summed E-state index contributed by atoms with van der Waals surface area (Å²) in [6.07, 6.45) is 5.77. The van der Waals surface area contributed by atoms with Crippen LogP contribution in [0.3, 0.4) is 0 Å². The largest absolute Gasteiger partial charge is 0.462 e. The minimum Gasteiger partial charge on any atom is -0.462 e. The first-order valence-electron chi connectivity index (χ1n) is 14.0. The molecule has 42 heavy (non-hydrogen) atoms. The highest BCUT2D eigenvalue weighted by atomic mass is 35.5. The molecule has 1 aliphatic carbocycles. The Labute approximate surface area is 252 Å². The minimum atomic E-state index is -0.829. The highest BCUT2D eigenvalue weighted by molar-refractivity contribution is 7.17. The molecule has 8 nitrogen and oxygen atoms in total. The van der Waals surface area contributed by atoms with Gasteiger partial charge in [-0.05, 0) is 67.3 Å². The van der Waals surface area contributed by atoms with Crippen LogP contribution in [-0.2, 0) is 34.2 Å². The summed E-state index contributed by atoms with van der Waals surface area (Å²) >= 11 is 7.48. The summed E-state index contributed by atoms with van der Waals surface area (Å²) in [7, 11) is 1.50. The standard InChI is InChI=1S/C32H31ClN2O6S/c1-3-40-31(38)27-23-12-6-4-5-7-13-24(23)42-29(27)34-25(36)18-41-32(39)28-26(19-14-16-20(33)17-15-19)21-10-8-9-11-22(21)30(37)35(28)2/h8-11,14-17H,3-7,12-13,18H2,1-2H3,(H,34,36). The van der Waals surface area contributed by atoms with E-state index in [9.17, 15) is 19.2 Å². The zero-order valence-corrected chi connectivity index (χ0v) is 25.0. The molecule has 1 amide bonds. The molecule has 0 saturated carbocycles. The number of nitrogens with zero attached hydrogens (tertiary/aromatic N) is 1. The number of halogens is 1. The van der Waals surface area contributed by atoms with Gasteiger partial charge in [-0.1, -0.05) is 54.8 Å². The van der Waals surface area contributed by atoms with E-state index in [1.165, 1.54) is 23.0 Å². The van der Waals surface area contributed by atoms with Crippen LogP contribution in [0.25, 0.3) is 21.9 Å². The molecular formula is C32H31ClN2O6S. The molecule has 0 atom stereocenters. The van der Waals surface area contributed by atoms with Gasteiger partial charge in [-0.2, -0.15) is 0 Å². The first-order valence-corrected chi connectivity index (χ1v) is 15.2. The number of carbonyl (C=O) groups excluding carboxylic acids is 3. The van der Waals surface area contributed by atoms with E-state index >= 15 is 0 Å². The Bertz CT molecular complexity index is 1720. The van der Waals surface area contributed by atoms with Crippen molar-refractivity contribution in [3.8, 4) is 11.1 Å². The summed E-state index contributed by atoms with van der Waals surface area (Å²) in [4.78, 5) is 53.7. The topological polar surface area (TPSA) is 104 Å². The number of ether oxygens (including phenoxy) is 2. The number of benzene rings is 2. The lowest BCUT2D eigenvalue weighted by molar-refractivity contribution is -0.119. The normalized spacial score (nSPS) is 13.1. The summed E-state index contributed by atoms with van der Waals surface area (Å²) in [5.41, 5.74) is 2.13. The highest BCUT2D eigenvalue weighted by Crippen LogP contribution is 2.38. The number of nitrogens with one attached hydrogen (secondary N) is 1. The van der Waals surface area contributed by atoms with E-state index in [1.807, 2.05) is 0 Å². The molecular weight excluding hydrogens is 576 g/mol. The molecule has 0 spiro atoms. The van der Waals surface area contributed by atoms with Crippen LogP contribution in [0, 0.1) is 0 Å². The van der Waals surface area contributed by atoms with E-state index in [0.29, 0.717) is 37.5 Å². The maximum atomic E-state index is 13.5. The van der Waals surface area contributed by atoms with Crippen molar-refractivity contribution in [2.45, 2.75) is 45.4 Å². The lowest BCUT2D eigenvalue weighted by atomic mass is 9.96. The van der Waals surface area contributed by atoms with Gasteiger partial charge in [-0.3, -0.25) is 9.59 Å². The second kappa shape index (κ2) is 12.9. The molecule has 10 heteroatoms. The van der Waals surface area contributed by atoms with Crippen LogP contribution < -0.4 is 10.9 Å². The summed E-state index contributed by atoms with van der Waals surface area (Å²) in [6.45, 7) is 1.35. The van der Waals surface area contributed by atoms with Crippen LogP contribution in [0.5, 0.6) is 0 Å².